The number of anilines is 3. The molecule has 1 aliphatic heterocycles. The van der Waals surface area contributed by atoms with E-state index in [4.69, 9.17) is 15.2 Å². The summed E-state index contributed by atoms with van der Waals surface area (Å²) in [6.07, 6.45) is -0.00425. The van der Waals surface area contributed by atoms with Crippen molar-refractivity contribution in [1.82, 2.24) is 14.9 Å². The van der Waals surface area contributed by atoms with Gasteiger partial charge in [0.25, 0.3) is 5.56 Å². The van der Waals surface area contributed by atoms with Crippen molar-refractivity contribution in [1.29, 1.82) is 0 Å². The molecule has 0 aromatic carbocycles. The molecule has 0 saturated heterocycles. The van der Waals surface area contributed by atoms with Crippen molar-refractivity contribution in [2.75, 3.05) is 22.6 Å². The Balaban J connectivity index is 1.91. The number of nitrogens with two attached hydrogens (primary N) is 1. The number of nitrogen functional groups attached to an aromatic ring is 1. The molecule has 1 saturated carbocycles. The van der Waals surface area contributed by atoms with Gasteiger partial charge in [-0.1, -0.05) is 0 Å². The molecule has 1 aliphatic carbocycles. The van der Waals surface area contributed by atoms with E-state index in [2.05, 4.69) is 15.6 Å². The molecule has 0 unspecified atom stereocenters. The number of amides is 1. The van der Waals surface area contributed by atoms with Crippen LogP contribution in [0.5, 0.6) is 0 Å². The molecule has 0 spiro atoms. The summed E-state index contributed by atoms with van der Waals surface area (Å²) in [7, 11) is 0. The van der Waals surface area contributed by atoms with Crippen molar-refractivity contribution in [3.8, 4) is 0 Å². The van der Waals surface area contributed by atoms with Crippen LogP contribution < -0.4 is 26.8 Å². The SMILES string of the molecule is CC(C)(C)OC(=O)N[C@@H]1C[C@H](CC(=O)O)CC[C@H]1N1CNc2c1nc(N)n(C(=O)OC(C)(C)C)c2=O. The fraction of sp³-hybridized carbons (Fsp3) is 0.696. The van der Waals surface area contributed by atoms with Crippen LogP contribution in [0.15, 0.2) is 4.79 Å². The van der Waals surface area contributed by atoms with Gasteiger partial charge in [0.1, 0.15) is 16.9 Å². The Bertz CT molecular complexity index is 1090. The van der Waals surface area contributed by atoms with Crippen LogP contribution in [-0.4, -0.2) is 62.8 Å². The maximum atomic E-state index is 13.1. The third-order valence-corrected chi connectivity index (χ3v) is 5.85. The molecular weight excluding hydrogens is 472 g/mol. The van der Waals surface area contributed by atoms with Crippen LogP contribution in [0.3, 0.4) is 0 Å². The van der Waals surface area contributed by atoms with Crippen molar-refractivity contribution in [2.45, 2.75) is 90.5 Å². The lowest BCUT2D eigenvalue weighted by Crippen LogP contribution is -2.55. The van der Waals surface area contributed by atoms with Gasteiger partial charge in [0.05, 0.1) is 18.8 Å². The van der Waals surface area contributed by atoms with E-state index in [1.165, 1.54) is 0 Å². The number of ether oxygens (including phenoxy) is 2. The van der Waals surface area contributed by atoms with E-state index in [1.54, 1.807) is 41.5 Å². The normalized spacial score (nSPS) is 21.8. The Morgan fingerprint density at radius 3 is 2.36 bits per heavy atom. The second kappa shape index (κ2) is 9.86. The van der Waals surface area contributed by atoms with Crippen molar-refractivity contribution in [3.63, 3.8) is 0 Å². The number of nitrogens with one attached hydrogen (secondary N) is 2. The third kappa shape index (κ3) is 6.38. The lowest BCUT2D eigenvalue weighted by Gasteiger charge is -2.41. The minimum atomic E-state index is -0.931. The van der Waals surface area contributed by atoms with Gasteiger partial charge >= 0.3 is 18.2 Å². The molecule has 1 amide bonds. The number of hydrogen-bond acceptors (Lipinski definition) is 10. The fourth-order valence-corrected chi connectivity index (χ4v) is 4.55. The Morgan fingerprint density at radius 2 is 1.78 bits per heavy atom. The summed E-state index contributed by atoms with van der Waals surface area (Å²) < 4.78 is 11.4. The number of carboxylic acids is 1. The molecule has 3 atom stereocenters. The third-order valence-electron chi connectivity index (χ3n) is 5.85. The lowest BCUT2D eigenvalue weighted by atomic mass is 9.80. The molecule has 36 heavy (non-hydrogen) atoms. The highest BCUT2D eigenvalue weighted by Gasteiger charge is 2.41. The molecule has 2 aliphatic rings. The van der Waals surface area contributed by atoms with Crippen LogP contribution in [0.4, 0.5) is 27.0 Å². The van der Waals surface area contributed by atoms with Crippen LogP contribution in [-0.2, 0) is 14.3 Å². The van der Waals surface area contributed by atoms with E-state index in [1.807, 2.05) is 4.90 Å². The van der Waals surface area contributed by atoms with Crippen molar-refractivity contribution >= 4 is 35.6 Å². The van der Waals surface area contributed by atoms with Gasteiger partial charge in [0, 0.05) is 6.42 Å². The average molecular weight is 509 g/mol. The predicted molar refractivity (Wildman–Crippen MR) is 132 cm³/mol. The number of alkyl carbamates (subject to hydrolysis) is 1. The molecular formula is C23H36N6O7. The number of aliphatic carboxylic acids is 1. The number of fused-ring (bicyclic) bond motifs is 1. The first-order valence-corrected chi connectivity index (χ1v) is 11.9. The van der Waals surface area contributed by atoms with Gasteiger partial charge in [0.2, 0.25) is 5.95 Å². The summed E-state index contributed by atoms with van der Waals surface area (Å²) in [5.41, 5.74) is 3.87. The Kier molecular flexibility index (Phi) is 7.42. The maximum Gasteiger partial charge on any atom is 0.424 e. The zero-order valence-corrected chi connectivity index (χ0v) is 21.6. The molecule has 1 aromatic heterocycles. The summed E-state index contributed by atoms with van der Waals surface area (Å²) in [5.74, 6) is -1.10. The number of aromatic nitrogens is 2. The lowest BCUT2D eigenvalue weighted by molar-refractivity contribution is -0.138. The van der Waals surface area contributed by atoms with Crippen molar-refractivity contribution in [3.05, 3.63) is 10.4 Å². The number of nitrogens with zero attached hydrogens (tertiary/aromatic N) is 3. The summed E-state index contributed by atoms with van der Waals surface area (Å²) in [4.78, 5) is 55.7. The smallest absolute Gasteiger partial charge is 0.424 e. The Labute approximate surface area is 209 Å². The molecule has 13 heteroatoms. The first kappa shape index (κ1) is 27.1. The maximum absolute atomic E-state index is 13.1. The summed E-state index contributed by atoms with van der Waals surface area (Å²) in [5, 5.41) is 15.1. The topological polar surface area (TPSA) is 178 Å². The van der Waals surface area contributed by atoms with E-state index in [-0.39, 0.29) is 42.5 Å². The van der Waals surface area contributed by atoms with Gasteiger partial charge in [-0.2, -0.15) is 9.55 Å². The molecule has 1 aromatic rings. The number of carbonyl (C=O) groups is 3. The van der Waals surface area contributed by atoms with E-state index in [9.17, 15) is 24.3 Å². The standard InChI is InChI=1S/C23H36N6O7/c1-22(2,3)35-20(33)26-13-9-12(10-15(30)31)7-8-14(13)28-11-25-16-17(28)27-19(24)29(18(16)32)21(34)36-23(4,5)6/h12-14,25H,7-11H2,1-6H3,(H2,24,27)(H,26,33)(H,30,31)/t12-,13-,14-/m1/s1. The number of rotatable bonds is 4. The van der Waals surface area contributed by atoms with Crippen molar-refractivity contribution in [2.24, 2.45) is 5.92 Å². The zero-order valence-electron chi connectivity index (χ0n) is 21.6. The van der Waals surface area contributed by atoms with E-state index in [0.29, 0.717) is 23.8 Å². The summed E-state index contributed by atoms with van der Waals surface area (Å²) in [6, 6.07) is -0.790. The first-order chi connectivity index (χ1) is 16.6. The highest BCUT2D eigenvalue weighted by molar-refractivity contribution is 5.80. The van der Waals surface area contributed by atoms with Crippen molar-refractivity contribution < 1.29 is 29.0 Å². The highest BCUT2D eigenvalue weighted by atomic mass is 16.6. The monoisotopic (exact) mass is 508 g/mol. The van der Waals surface area contributed by atoms with Crippen LogP contribution in [0, 0.1) is 5.92 Å². The van der Waals surface area contributed by atoms with E-state index in [0.717, 1.165) is 0 Å². The Morgan fingerprint density at radius 1 is 1.14 bits per heavy atom. The minimum Gasteiger partial charge on any atom is -0.481 e. The van der Waals surface area contributed by atoms with E-state index < -0.39 is 41.0 Å². The van der Waals surface area contributed by atoms with Crippen LogP contribution >= 0.6 is 0 Å². The summed E-state index contributed by atoms with van der Waals surface area (Å²) >= 11 is 0. The quantitative estimate of drug-likeness (QED) is 0.469. The molecule has 5 N–H and O–H groups in total. The van der Waals surface area contributed by atoms with Gasteiger partial charge in [0.15, 0.2) is 5.82 Å². The molecule has 200 valence electrons. The average Bonchev–Trinajstić information content (AvgIpc) is 3.08. The van der Waals surface area contributed by atoms with Gasteiger partial charge < -0.3 is 35.8 Å². The molecule has 2 heterocycles. The zero-order chi connectivity index (χ0) is 27.0. The number of hydrogen-bond donors (Lipinski definition) is 4. The Hall–Kier alpha value is -3.51. The number of carboxylic acid groups (broad SMARTS) is 1. The molecule has 1 fully saturated rings. The van der Waals surface area contributed by atoms with E-state index >= 15 is 0 Å². The fourth-order valence-electron chi connectivity index (χ4n) is 4.55. The van der Waals surface area contributed by atoms with Crippen LogP contribution in [0.1, 0.15) is 67.2 Å². The van der Waals surface area contributed by atoms with Gasteiger partial charge in [-0.15, -0.1) is 0 Å². The summed E-state index contributed by atoms with van der Waals surface area (Å²) in [6.45, 7) is 10.5. The molecule has 0 radical (unpaired) electrons. The highest BCUT2D eigenvalue weighted by Crippen LogP contribution is 2.36. The van der Waals surface area contributed by atoms with Crippen LogP contribution in [0.2, 0.25) is 0 Å². The van der Waals surface area contributed by atoms with Gasteiger partial charge in [-0.25, -0.2) is 9.59 Å². The molecule has 0 bridgehead atoms. The number of carbonyl (C=O) groups excluding carboxylic acids is 2. The predicted octanol–water partition coefficient (Wildman–Crippen LogP) is 2.33. The van der Waals surface area contributed by atoms with Gasteiger partial charge in [-0.05, 0) is 66.7 Å². The van der Waals surface area contributed by atoms with Crippen LogP contribution in [0.25, 0.3) is 0 Å². The molecule has 13 nitrogen and oxygen atoms in total. The minimum absolute atomic E-state index is 0.0140. The molecule has 3 rings (SSSR count). The van der Waals surface area contributed by atoms with Gasteiger partial charge in [-0.3, -0.25) is 9.59 Å². The largest absolute Gasteiger partial charge is 0.481 e. The second-order valence-electron chi connectivity index (χ2n) is 11.2. The first-order valence-electron chi connectivity index (χ1n) is 11.9. The second-order valence-corrected chi connectivity index (χ2v) is 11.2.